The van der Waals surface area contributed by atoms with Crippen LogP contribution in [-0.4, -0.2) is 38.3 Å². The molecule has 6 heteroatoms. The Hall–Kier alpha value is -1.21. The zero-order valence-electron chi connectivity index (χ0n) is 13.2. The Kier molecular flexibility index (Phi) is 5.74. The summed E-state index contributed by atoms with van der Waals surface area (Å²) in [6.45, 7) is 4.67. The van der Waals surface area contributed by atoms with Crippen molar-refractivity contribution in [1.29, 1.82) is 0 Å². The molecule has 0 bridgehead atoms. The predicted molar refractivity (Wildman–Crippen MR) is 91.4 cm³/mol. The van der Waals surface area contributed by atoms with E-state index in [2.05, 4.69) is 29.3 Å². The average molecular weight is 338 g/mol. The van der Waals surface area contributed by atoms with Crippen LogP contribution in [0.5, 0.6) is 0 Å². The largest absolute Gasteiger partial charge is 0.294 e. The molecule has 1 aromatic carbocycles. The van der Waals surface area contributed by atoms with E-state index in [1.54, 1.807) is 37.6 Å². The number of nitrogens with zero attached hydrogens (tertiary/aromatic N) is 2. The molecule has 2 rings (SSSR count). The highest BCUT2D eigenvalue weighted by Crippen LogP contribution is 2.18. The molecule has 0 saturated carbocycles. The van der Waals surface area contributed by atoms with Gasteiger partial charge in [0, 0.05) is 32.1 Å². The van der Waals surface area contributed by atoms with Gasteiger partial charge in [0.15, 0.2) is 0 Å². The molecule has 0 aliphatic rings. The molecule has 0 saturated heterocycles. The molecule has 0 unspecified atom stereocenters. The number of benzene rings is 1. The van der Waals surface area contributed by atoms with Gasteiger partial charge in [0.1, 0.15) is 0 Å². The molecular weight excluding hydrogens is 316 g/mol. The molecule has 0 aliphatic carbocycles. The van der Waals surface area contributed by atoms with Crippen LogP contribution in [0.15, 0.2) is 46.7 Å². The number of sulfonamides is 1. The quantitative estimate of drug-likeness (QED) is 0.779. The molecule has 0 spiro atoms. The molecule has 4 nitrogen and oxygen atoms in total. The van der Waals surface area contributed by atoms with Gasteiger partial charge in [0.25, 0.3) is 0 Å². The van der Waals surface area contributed by atoms with Crippen LogP contribution in [0.3, 0.4) is 0 Å². The molecular formula is C16H22N2O2S2. The zero-order valence-corrected chi connectivity index (χ0v) is 14.8. The Morgan fingerprint density at radius 2 is 1.86 bits per heavy atom. The third-order valence-electron chi connectivity index (χ3n) is 3.49. The first-order valence-electron chi connectivity index (χ1n) is 7.19. The lowest BCUT2D eigenvalue weighted by atomic mass is 10.2. The summed E-state index contributed by atoms with van der Waals surface area (Å²) >= 11 is 1.74. The van der Waals surface area contributed by atoms with Gasteiger partial charge in [-0.2, -0.15) is 0 Å². The zero-order chi connectivity index (χ0) is 16.2. The van der Waals surface area contributed by atoms with Gasteiger partial charge in [-0.1, -0.05) is 25.1 Å². The monoisotopic (exact) mass is 338 g/mol. The van der Waals surface area contributed by atoms with Gasteiger partial charge in [0.05, 0.1) is 4.90 Å². The fraction of sp³-hybridized carbons (Fsp3) is 0.375. The summed E-state index contributed by atoms with van der Waals surface area (Å²) in [5, 5.41) is 2.08. The molecule has 2 aromatic rings. The highest BCUT2D eigenvalue weighted by molar-refractivity contribution is 7.89. The van der Waals surface area contributed by atoms with Crippen molar-refractivity contribution in [2.24, 2.45) is 0 Å². The first kappa shape index (κ1) is 17.1. The summed E-state index contributed by atoms with van der Waals surface area (Å²) in [6, 6.07) is 11.4. The summed E-state index contributed by atoms with van der Waals surface area (Å²) < 4.78 is 25.7. The van der Waals surface area contributed by atoms with Gasteiger partial charge in [-0.15, -0.1) is 11.3 Å². The molecule has 0 aliphatic heterocycles. The second-order valence-electron chi connectivity index (χ2n) is 5.32. The summed E-state index contributed by atoms with van der Waals surface area (Å²) in [5.41, 5.74) is 1.02. The van der Waals surface area contributed by atoms with E-state index in [4.69, 9.17) is 0 Å². The molecule has 1 heterocycles. The molecule has 0 amide bonds. The summed E-state index contributed by atoms with van der Waals surface area (Å²) in [5.74, 6) is 0. The lowest BCUT2D eigenvalue weighted by molar-refractivity contribution is 0.273. The van der Waals surface area contributed by atoms with Crippen molar-refractivity contribution in [3.8, 4) is 0 Å². The number of hydrogen-bond donors (Lipinski definition) is 0. The smallest absolute Gasteiger partial charge is 0.242 e. The fourth-order valence-electron chi connectivity index (χ4n) is 2.18. The van der Waals surface area contributed by atoms with Gasteiger partial charge in [-0.05, 0) is 35.7 Å². The fourth-order valence-corrected chi connectivity index (χ4v) is 3.89. The van der Waals surface area contributed by atoms with Crippen LogP contribution in [0.4, 0.5) is 0 Å². The predicted octanol–water partition coefficient (Wildman–Crippen LogP) is 3.02. The Bertz CT molecular complexity index is 695. The van der Waals surface area contributed by atoms with Gasteiger partial charge in [-0.25, -0.2) is 12.7 Å². The van der Waals surface area contributed by atoms with Crippen LogP contribution >= 0.6 is 11.3 Å². The van der Waals surface area contributed by atoms with Crippen LogP contribution in [0.1, 0.15) is 17.4 Å². The maximum atomic E-state index is 12.2. The Labute approximate surface area is 137 Å². The molecule has 0 fully saturated rings. The SMILES string of the molecule is CCN(Cc1cccc(S(=O)(=O)N(C)C)c1)Cc1cccs1. The van der Waals surface area contributed by atoms with E-state index in [9.17, 15) is 8.42 Å². The van der Waals surface area contributed by atoms with Gasteiger partial charge in [0.2, 0.25) is 10.0 Å². The molecule has 0 N–H and O–H groups in total. The van der Waals surface area contributed by atoms with Crippen LogP contribution < -0.4 is 0 Å². The van der Waals surface area contributed by atoms with Crippen molar-refractivity contribution in [3.63, 3.8) is 0 Å². The first-order valence-corrected chi connectivity index (χ1v) is 9.51. The van der Waals surface area contributed by atoms with Crippen molar-refractivity contribution >= 4 is 21.4 Å². The van der Waals surface area contributed by atoms with Crippen LogP contribution in [0.25, 0.3) is 0 Å². The third-order valence-corrected chi connectivity index (χ3v) is 6.16. The third kappa shape index (κ3) is 4.16. The number of hydrogen-bond acceptors (Lipinski definition) is 4. The molecule has 22 heavy (non-hydrogen) atoms. The van der Waals surface area contributed by atoms with E-state index in [0.717, 1.165) is 25.2 Å². The minimum Gasteiger partial charge on any atom is -0.294 e. The lowest BCUT2D eigenvalue weighted by Crippen LogP contribution is -2.24. The van der Waals surface area contributed by atoms with Crippen molar-refractivity contribution < 1.29 is 8.42 Å². The highest BCUT2D eigenvalue weighted by Gasteiger charge is 2.17. The average Bonchev–Trinajstić information content (AvgIpc) is 2.99. The second kappa shape index (κ2) is 7.37. The summed E-state index contributed by atoms with van der Waals surface area (Å²) in [7, 11) is -0.270. The number of rotatable bonds is 7. The maximum Gasteiger partial charge on any atom is 0.242 e. The van der Waals surface area contributed by atoms with E-state index >= 15 is 0 Å². The van der Waals surface area contributed by atoms with E-state index < -0.39 is 10.0 Å². The Balaban J connectivity index is 2.15. The topological polar surface area (TPSA) is 40.6 Å². The Morgan fingerprint density at radius 3 is 2.45 bits per heavy atom. The highest BCUT2D eigenvalue weighted by atomic mass is 32.2. The van der Waals surface area contributed by atoms with E-state index in [1.165, 1.54) is 9.18 Å². The van der Waals surface area contributed by atoms with Crippen LogP contribution in [-0.2, 0) is 23.1 Å². The minimum atomic E-state index is -3.37. The lowest BCUT2D eigenvalue weighted by Gasteiger charge is -2.20. The minimum absolute atomic E-state index is 0.349. The molecule has 1 aromatic heterocycles. The van der Waals surface area contributed by atoms with Gasteiger partial charge < -0.3 is 0 Å². The van der Waals surface area contributed by atoms with E-state index in [1.807, 2.05) is 12.1 Å². The number of thiophene rings is 1. The molecule has 0 radical (unpaired) electrons. The summed E-state index contributed by atoms with van der Waals surface area (Å²) in [4.78, 5) is 3.97. The van der Waals surface area contributed by atoms with Crippen LogP contribution in [0.2, 0.25) is 0 Å². The van der Waals surface area contributed by atoms with E-state index in [-0.39, 0.29) is 0 Å². The Morgan fingerprint density at radius 1 is 1.09 bits per heavy atom. The van der Waals surface area contributed by atoms with Crippen molar-refractivity contribution in [2.45, 2.75) is 24.9 Å². The molecule has 120 valence electrons. The van der Waals surface area contributed by atoms with Crippen LogP contribution in [0, 0.1) is 0 Å². The van der Waals surface area contributed by atoms with Crippen molar-refractivity contribution in [3.05, 3.63) is 52.2 Å². The standard InChI is InChI=1S/C16H22N2O2S2/c1-4-18(13-15-8-6-10-21-15)12-14-7-5-9-16(11-14)22(19,20)17(2)3/h5-11H,4,12-13H2,1-3H3. The van der Waals surface area contributed by atoms with E-state index in [0.29, 0.717) is 4.90 Å². The molecule has 0 atom stereocenters. The van der Waals surface area contributed by atoms with Gasteiger partial charge in [-0.3, -0.25) is 4.90 Å². The second-order valence-corrected chi connectivity index (χ2v) is 8.50. The van der Waals surface area contributed by atoms with Gasteiger partial charge >= 0.3 is 0 Å². The first-order chi connectivity index (χ1) is 10.4. The normalized spacial score (nSPS) is 12.2. The summed E-state index contributed by atoms with van der Waals surface area (Å²) in [6.07, 6.45) is 0. The van der Waals surface area contributed by atoms with Crippen molar-refractivity contribution in [2.75, 3.05) is 20.6 Å². The van der Waals surface area contributed by atoms with Crippen molar-refractivity contribution in [1.82, 2.24) is 9.21 Å². The maximum absolute atomic E-state index is 12.2.